The monoisotopic (exact) mass is 171 g/mol. The van der Waals surface area contributed by atoms with Crippen molar-refractivity contribution in [2.45, 2.75) is 20.8 Å². The average molecular weight is 171 g/mol. The van der Waals surface area contributed by atoms with E-state index in [1.54, 1.807) is 6.20 Å². The normalized spacial score (nSPS) is 13.0. The van der Waals surface area contributed by atoms with Gasteiger partial charge in [-0.3, -0.25) is 0 Å². The molecule has 0 heterocycles. The lowest BCUT2D eigenvalue weighted by Gasteiger charge is -2.23. The molecule has 0 aromatic heterocycles. The predicted molar refractivity (Wildman–Crippen MR) is 51.5 cm³/mol. The highest BCUT2D eigenvalue weighted by Crippen LogP contribution is 2.30. The standard InChI is InChI=1S/C10H18FN/c1-8(11)9(7-12(5)6)10(2,3)4/h7H,1H2,2-6H3/b9-7+. The molecule has 0 rings (SSSR count). The average Bonchev–Trinajstić information content (AvgIpc) is 1.79. The maximum absolute atomic E-state index is 12.9. The Hall–Kier alpha value is -0.790. The summed E-state index contributed by atoms with van der Waals surface area (Å²) in [6, 6.07) is 0. The Labute approximate surface area is 74.6 Å². The summed E-state index contributed by atoms with van der Waals surface area (Å²) in [6.07, 6.45) is 1.77. The number of hydrogen-bond acceptors (Lipinski definition) is 1. The molecule has 0 bridgehead atoms. The number of halogens is 1. The summed E-state index contributed by atoms with van der Waals surface area (Å²) < 4.78 is 12.9. The summed E-state index contributed by atoms with van der Waals surface area (Å²) in [6.45, 7) is 9.21. The smallest absolute Gasteiger partial charge is 0.121 e. The molecule has 0 saturated heterocycles. The Balaban J connectivity index is 4.81. The number of nitrogens with zero attached hydrogens (tertiary/aromatic N) is 1. The van der Waals surface area contributed by atoms with Gasteiger partial charge in [-0.15, -0.1) is 0 Å². The molecule has 0 N–H and O–H groups in total. The first-order valence-electron chi connectivity index (χ1n) is 3.98. The van der Waals surface area contributed by atoms with Crippen LogP contribution in [0.25, 0.3) is 0 Å². The molecule has 12 heavy (non-hydrogen) atoms. The maximum atomic E-state index is 12.9. The minimum Gasteiger partial charge on any atom is -0.383 e. The SMILES string of the molecule is C=C(F)/C(=C\N(C)C)C(C)(C)C. The maximum Gasteiger partial charge on any atom is 0.121 e. The fourth-order valence-corrected chi connectivity index (χ4v) is 0.929. The number of hydrogen-bond donors (Lipinski definition) is 0. The minimum atomic E-state index is -0.351. The molecular formula is C10H18FN. The van der Waals surface area contributed by atoms with Gasteiger partial charge in [-0.2, -0.15) is 0 Å². The molecule has 0 saturated carbocycles. The van der Waals surface area contributed by atoms with Gasteiger partial charge >= 0.3 is 0 Å². The summed E-state index contributed by atoms with van der Waals surface area (Å²) in [4.78, 5) is 1.82. The summed E-state index contributed by atoms with van der Waals surface area (Å²) in [7, 11) is 3.74. The third-order valence-corrected chi connectivity index (χ3v) is 1.49. The third kappa shape index (κ3) is 3.56. The van der Waals surface area contributed by atoms with Crippen LogP contribution in [0.1, 0.15) is 20.8 Å². The molecule has 1 nitrogen and oxygen atoms in total. The van der Waals surface area contributed by atoms with Gasteiger partial charge < -0.3 is 4.90 Å². The lowest BCUT2D eigenvalue weighted by atomic mass is 9.86. The van der Waals surface area contributed by atoms with E-state index < -0.39 is 0 Å². The van der Waals surface area contributed by atoms with Crippen LogP contribution in [0.5, 0.6) is 0 Å². The Morgan fingerprint density at radius 3 is 1.83 bits per heavy atom. The largest absolute Gasteiger partial charge is 0.383 e. The first-order valence-corrected chi connectivity index (χ1v) is 3.98. The van der Waals surface area contributed by atoms with Crippen LogP contribution in [-0.2, 0) is 0 Å². The van der Waals surface area contributed by atoms with Crippen molar-refractivity contribution in [3.8, 4) is 0 Å². The second-order valence-corrected chi connectivity index (χ2v) is 4.16. The summed E-state index contributed by atoms with van der Waals surface area (Å²) in [5.41, 5.74) is 0.461. The second kappa shape index (κ2) is 3.74. The van der Waals surface area contributed by atoms with E-state index in [0.717, 1.165) is 0 Å². The molecule has 0 aliphatic carbocycles. The van der Waals surface area contributed by atoms with Crippen molar-refractivity contribution in [1.82, 2.24) is 4.90 Å². The first kappa shape index (κ1) is 11.2. The summed E-state index contributed by atoms with van der Waals surface area (Å²) in [5.74, 6) is -0.351. The van der Waals surface area contributed by atoms with Crippen molar-refractivity contribution >= 4 is 0 Å². The van der Waals surface area contributed by atoms with E-state index in [1.165, 1.54) is 0 Å². The third-order valence-electron chi connectivity index (χ3n) is 1.49. The van der Waals surface area contributed by atoms with E-state index in [1.807, 2.05) is 39.8 Å². The molecule has 70 valence electrons. The van der Waals surface area contributed by atoms with Crippen molar-refractivity contribution in [2.24, 2.45) is 5.41 Å². The van der Waals surface area contributed by atoms with Crippen LogP contribution in [0, 0.1) is 5.41 Å². The van der Waals surface area contributed by atoms with Crippen LogP contribution in [0.4, 0.5) is 4.39 Å². The zero-order valence-corrected chi connectivity index (χ0v) is 8.61. The molecule has 0 spiro atoms. The molecule has 0 amide bonds. The lowest BCUT2D eigenvalue weighted by Crippen LogP contribution is -2.14. The Morgan fingerprint density at radius 1 is 1.33 bits per heavy atom. The van der Waals surface area contributed by atoms with Crippen LogP contribution in [0.3, 0.4) is 0 Å². The Kier molecular flexibility index (Phi) is 3.50. The van der Waals surface area contributed by atoms with Gasteiger partial charge in [0, 0.05) is 25.9 Å². The summed E-state index contributed by atoms with van der Waals surface area (Å²) in [5, 5.41) is 0. The van der Waals surface area contributed by atoms with E-state index >= 15 is 0 Å². The molecule has 0 aliphatic rings. The van der Waals surface area contributed by atoms with Crippen LogP contribution >= 0.6 is 0 Å². The summed E-state index contributed by atoms with van der Waals surface area (Å²) >= 11 is 0. The highest BCUT2D eigenvalue weighted by molar-refractivity contribution is 5.27. The van der Waals surface area contributed by atoms with Crippen molar-refractivity contribution in [2.75, 3.05) is 14.1 Å². The van der Waals surface area contributed by atoms with Gasteiger partial charge in [0.1, 0.15) is 5.83 Å². The van der Waals surface area contributed by atoms with E-state index in [2.05, 4.69) is 6.58 Å². The predicted octanol–water partition coefficient (Wildman–Crippen LogP) is 2.96. The molecule has 2 heteroatoms. The molecular weight excluding hydrogens is 153 g/mol. The zero-order chi connectivity index (χ0) is 9.94. The zero-order valence-electron chi connectivity index (χ0n) is 8.61. The first-order chi connectivity index (χ1) is 5.25. The fourth-order valence-electron chi connectivity index (χ4n) is 0.929. The topological polar surface area (TPSA) is 3.24 Å². The van der Waals surface area contributed by atoms with Gasteiger partial charge in [0.25, 0.3) is 0 Å². The van der Waals surface area contributed by atoms with Gasteiger partial charge in [-0.1, -0.05) is 27.4 Å². The number of allylic oxidation sites excluding steroid dienone is 2. The molecule has 0 aromatic carbocycles. The highest BCUT2D eigenvalue weighted by Gasteiger charge is 2.19. The van der Waals surface area contributed by atoms with Gasteiger partial charge in [-0.25, -0.2) is 4.39 Å². The van der Waals surface area contributed by atoms with Gasteiger partial charge in [-0.05, 0) is 5.41 Å². The highest BCUT2D eigenvalue weighted by atomic mass is 19.1. The van der Waals surface area contributed by atoms with Crippen LogP contribution < -0.4 is 0 Å². The second-order valence-electron chi connectivity index (χ2n) is 4.16. The van der Waals surface area contributed by atoms with E-state index in [-0.39, 0.29) is 11.2 Å². The molecule has 0 fully saturated rings. The van der Waals surface area contributed by atoms with E-state index in [0.29, 0.717) is 5.57 Å². The molecule has 0 unspecified atom stereocenters. The molecule has 0 aliphatic heterocycles. The van der Waals surface area contributed by atoms with Crippen LogP contribution in [0.15, 0.2) is 24.2 Å². The lowest BCUT2D eigenvalue weighted by molar-refractivity contribution is 0.450. The van der Waals surface area contributed by atoms with E-state index in [9.17, 15) is 4.39 Å². The van der Waals surface area contributed by atoms with Crippen molar-refractivity contribution in [1.29, 1.82) is 0 Å². The Morgan fingerprint density at radius 2 is 1.75 bits per heavy atom. The molecule has 0 atom stereocenters. The quantitative estimate of drug-likeness (QED) is 0.577. The van der Waals surface area contributed by atoms with E-state index in [4.69, 9.17) is 0 Å². The van der Waals surface area contributed by atoms with Gasteiger partial charge in [0.15, 0.2) is 0 Å². The van der Waals surface area contributed by atoms with Crippen molar-refractivity contribution in [3.63, 3.8) is 0 Å². The number of rotatable bonds is 2. The van der Waals surface area contributed by atoms with Gasteiger partial charge in [0.05, 0.1) is 0 Å². The van der Waals surface area contributed by atoms with Crippen molar-refractivity contribution < 1.29 is 4.39 Å². The molecule has 0 radical (unpaired) electrons. The Bertz CT molecular complexity index is 196. The van der Waals surface area contributed by atoms with Gasteiger partial charge in [0.2, 0.25) is 0 Å². The molecule has 0 aromatic rings. The van der Waals surface area contributed by atoms with Crippen LogP contribution in [0.2, 0.25) is 0 Å². The van der Waals surface area contributed by atoms with Crippen LogP contribution in [-0.4, -0.2) is 19.0 Å². The fraction of sp³-hybridized carbons (Fsp3) is 0.600. The minimum absolute atomic E-state index is 0.184. The van der Waals surface area contributed by atoms with Crippen molar-refractivity contribution in [3.05, 3.63) is 24.2 Å².